The molecular formula is C12H13NO4. The van der Waals surface area contributed by atoms with E-state index in [4.69, 9.17) is 9.84 Å². The maximum Gasteiger partial charge on any atom is 0.407 e. The van der Waals surface area contributed by atoms with Crippen LogP contribution >= 0.6 is 0 Å². The fourth-order valence-corrected chi connectivity index (χ4v) is 1.72. The molecular weight excluding hydrogens is 222 g/mol. The zero-order valence-corrected chi connectivity index (χ0v) is 9.18. The Balaban J connectivity index is 1.98. The zero-order valence-electron chi connectivity index (χ0n) is 9.18. The monoisotopic (exact) mass is 235 g/mol. The van der Waals surface area contributed by atoms with Crippen molar-refractivity contribution in [1.82, 2.24) is 5.32 Å². The summed E-state index contributed by atoms with van der Waals surface area (Å²) < 4.78 is 5.04. The molecule has 1 amide bonds. The molecule has 0 radical (unpaired) electrons. The maximum atomic E-state index is 10.9. The predicted molar refractivity (Wildman–Crippen MR) is 59.6 cm³/mol. The molecule has 2 rings (SSSR count). The molecule has 1 saturated heterocycles. The van der Waals surface area contributed by atoms with Crippen molar-refractivity contribution in [2.45, 2.75) is 18.9 Å². The average molecular weight is 235 g/mol. The molecule has 1 aliphatic heterocycles. The number of aryl methyl sites for hydroxylation is 1. The molecule has 1 unspecified atom stereocenters. The van der Waals surface area contributed by atoms with Gasteiger partial charge in [-0.3, -0.25) is 4.79 Å². The van der Waals surface area contributed by atoms with Crippen LogP contribution in [0.5, 0.6) is 0 Å². The lowest BCUT2D eigenvalue weighted by Crippen LogP contribution is -2.12. The van der Waals surface area contributed by atoms with Crippen molar-refractivity contribution in [1.29, 1.82) is 0 Å². The van der Waals surface area contributed by atoms with E-state index in [0.29, 0.717) is 13.0 Å². The van der Waals surface area contributed by atoms with Crippen LogP contribution in [0.15, 0.2) is 24.3 Å². The molecule has 0 saturated carbocycles. The lowest BCUT2D eigenvalue weighted by Gasteiger charge is -2.08. The van der Waals surface area contributed by atoms with E-state index in [1.54, 1.807) is 0 Å². The number of amides is 1. The Labute approximate surface area is 98.4 Å². The topological polar surface area (TPSA) is 75.6 Å². The Kier molecular flexibility index (Phi) is 3.27. The summed E-state index contributed by atoms with van der Waals surface area (Å²) in [5.41, 5.74) is 1.89. The molecule has 0 bridgehead atoms. The number of aliphatic carboxylic acids is 1. The van der Waals surface area contributed by atoms with Crippen LogP contribution in [-0.2, 0) is 16.0 Å². The standard InChI is InChI=1S/C12H13NO4/c14-11(15)6-3-8-1-4-9(5-2-8)10-7-13-12(16)17-10/h1-2,4-5,10H,3,6-7H2,(H,13,16)(H,14,15). The summed E-state index contributed by atoms with van der Waals surface area (Å²) in [7, 11) is 0. The number of carboxylic acids is 1. The quantitative estimate of drug-likeness (QED) is 0.828. The average Bonchev–Trinajstić information content (AvgIpc) is 2.74. The third-order valence-electron chi connectivity index (χ3n) is 2.66. The van der Waals surface area contributed by atoms with Crippen molar-refractivity contribution in [2.75, 3.05) is 6.54 Å². The van der Waals surface area contributed by atoms with Gasteiger partial charge in [0, 0.05) is 6.42 Å². The number of carboxylic acid groups (broad SMARTS) is 1. The second-order valence-corrected chi connectivity index (χ2v) is 3.91. The van der Waals surface area contributed by atoms with E-state index < -0.39 is 12.1 Å². The molecule has 5 nitrogen and oxygen atoms in total. The summed E-state index contributed by atoms with van der Waals surface area (Å²) in [6.45, 7) is 0.479. The molecule has 1 atom stereocenters. The smallest absolute Gasteiger partial charge is 0.407 e. The van der Waals surface area contributed by atoms with Gasteiger partial charge in [-0.2, -0.15) is 0 Å². The van der Waals surface area contributed by atoms with Crippen LogP contribution in [0.25, 0.3) is 0 Å². The second kappa shape index (κ2) is 4.86. The first-order valence-electron chi connectivity index (χ1n) is 5.40. The predicted octanol–water partition coefficient (Wildman–Crippen LogP) is 1.48. The van der Waals surface area contributed by atoms with Crippen LogP contribution < -0.4 is 5.32 Å². The third-order valence-corrected chi connectivity index (χ3v) is 2.66. The van der Waals surface area contributed by atoms with Crippen molar-refractivity contribution in [3.8, 4) is 0 Å². The fourth-order valence-electron chi connectivity index (χ4n) is 1.72. The third kappa shape index (κ3) is 2.96. The molecule has 1 aromatic rings. The van der Waals surface area contributed by atoms with Gasteiger partial charge in [0.05, 0.1) is 6.54 Å². The lowest BCUT2D eigenvalue weighted by molar-refractivity contribution is -0.136. The molecule has 0 aromatic heterocycles. The number of rotatable bonds is 4. The van der Waals surface area contributed by atoms with Crippen LogP contribution in [0.4, 0.5) is 4.79 Å². The Bertz CT molecular complexity index is 427. The number of cyclic esters (lactones) is 1. The lowest BCUT2D eigenvalue weighted by atomic mass is 10.0. The van der Waals surface area contributed by atoms with Gasteiger partial charge in [0.1, 0.15) is 6.10 Å². The first kappa shape index (κ1) is 11.4. The molecule has 5 heteroatoms. The highest BCUT2D eigenvalue weighted by molar-refractivity contribution is 5.69. The molecule has 0 spiro atoms. The van der Waals surface area contributed by atoms with E-state index in [1.165, 1.54) is 0 Å². The van der Waals surface area contributed by atoms with Gasteiger partial charge < -0.3 is 15.2 Å². The molecule has 0 aliphatic carbocycles. The van der Waals surface area contributed by atoms with Crippen molar-refractivity contribution < 1.29 is 19.4 Å². The first-order chi connectivity index (χ1) is 8.15. The Hall–Kier alpha value is -2.04. The van der Waals surface area contributed by atoms with Gasteiger partial charge in [0.15, 0.2) is 0 Å². The summed E-state index contributed by atoms with van der Waals surface area (Å²) in [4.78, 5) is 21.3. The Morgan fingerprint density at radius 1 is 1.41 bits per heavy atom. The number of hydrogen-bond acceptors (Lipinski definition) is 3. The van der Waals surface area contributed by atoms with Gasteiger partial charge in [-0.15, -0.1) is 0 Å². The van der Waals surface area contributed by atoms with Crippen molar-refractivity contribution >= 4 is 12.1 Å². The largest absolute Gasteiger partial charge is 0.481 e. The van der Waals surface area contributed by atoms with Gasteiger partial charge in [0.25, 0.3) is 0 Å². The van der Waals surface area contributed by atoms with E-state index in [9.17, 15) is 9.59 Å². The van der Waals surface area contributed by atoms with E-state index in [1.807, 2.05) is 24.3 Å². The summed E-state index contributed by atoms with van der Waals surface area (Å²) in [6, 6.07) is 7.46. The molecule has 1 aromatic carbocycles. The molecule has 1 aliphatic rings. The minimum Gasteiger partial charge on any atom is -0.481 e. The van der Waals surface area contributed by atoms with Gasteiger partial charge in [-0.25, -0.2) is 4.79 Å². The van der Waals surface area contributed by atoms with Crippen LogP contribution in [0.1, 0.15) is 23.7 Å². The Morgan fingerprint density at radius 2 is 2.12 bits per heavy atom. The van der Waals surface area contributed by atoms with Crippen molar-refractivity contribution in [3.63, 3.8) is 0 Å². The van der Waals surface area contributed by atoms with E-state index in [2.05, 4.69) is 5.32 Å². The highest BCUT2D eigenvalue weighted by atomic mass is 16.6. The normalized spacial score (nSPS) is 18.6. The van der Waals surface area contributed by atoms with Gasteiger partial charge >= 0.3 is 12.1 Å². The number of nitrogens with one attached hydrogen (secondary N) is 1. The number of ether oxygens (including phenoxy) is 1. The number of alkyl carbamates (subject to hydrolysis) is 1. The summed E-state index contributed by atoms with van der Waals surface area (Å²) in [6.07, 6.45) is -0.00144. The Morgan fingerprint density at radius 3 is 2.65 bits per heavy atom. The van der Waals surface area contributed by atoms with E-state index in [-0.39, 0.29) is 12.5 Å². The molecule has 1 heterocycles. The van der Waals surface area contributed by atoms with Crippen LogP contribution in [-0.4, -0.2) is 23.7 Å². The highest BCUT2D eigenvalue weighted by Gasteiger charge is 2.23. The van der Waals surface area contributed by atoms with Crippen LogP contribution in [0, 0.1) is 0 Å². The fraction of sp³-hybridized carbons (Fsp3) is 0.333. The van der Waals surface area contributed by atoms with Crippen LogP contribution in [0.3, 0.4) is 0 Å². The number of benzene rings is 1. The molecule has 90 valence electrons. The first-order valence-corrected chi connectivity index (χ1v) is 5.40. The van der Waals surface area contributed by atoms with E-state index in [0.717, 1.165) is 11.1 Å². The highest BCUT2D eigenvalue weighted by Crippen LogP contribution is 2.21. The SMILES string of the molecule is O=C(O)CCc1ccc(C2CNC(=O)O2)cc1. The van der Waals surface area contributed by atoms with Crippen molar-refractivity contribution in [2.24, 2.45) is 0 Å². The number of carbonyl (C=O) groups is 2. The molecule has 17 heavy (non-hydrogen) atoms. The summed E-state index contributed by atoms with van der Waals surface area (Å²) >= 11 is 0. The van der Waals surface area contributed by atoms with Gasteiger partial charge in [-0.05, 0) is 17.5 Å². The van der Waals surface area contributed by atoms with Crippen LogP contribution in [0.2, 0.25) is 0 Å². The maximum absolute atomic E-state index is 10.9. The molecule has 1 fully saturated rings. The minimum atomic E-state index is -0.803. The number of hydrogen-bond donors (Lipinski definition) is 2. The van der Waals surface area contributed by atoms with Gasteiger partial charge in [-0.1, -0.05) is 24.3 Å². The van der Waals surface area contributed by atoms with Gasteiger partial charge in [0.2, 0.25) is 0 Å². The van der Waals surface area contributed by atoms with E-state index >= 15 is 0 Å². The second-order valence-electron chi connectivity index (χ2n) is 3.91. The molecule has 2 N–H and O–H groups in total. The number of carbonyl (C=O) groups excluding carboxylic acids is 1. The summed E-state index contributed by atoms with van der Waals surface area (Å²) in [5.74, 6) is -0.803. The summed E-state index contributed by atoms with van der Waals surface area (Å²) in [5, 5.41) is 11.1. The minimum absolute atomic E-state index is 0.124. The zero-order chi connectivity index (χ0) is 12.3. The van der Waals surface area contributed by atoms with Crippen molar-refractivity contribution in [3.05, 3.63) is 35.4 Å².